The molecule has 0 aliphatic rings. The van der Waals surface area contributed by atoms with E-state index in [9.17, 15) is 9.50 Å². The van der Waals surface area contributed by atoms with Gasteiger partial charge in [0.25, 0.3) is 0 Å². The van der Waals surface area contributed by atoms with Gasteiger partial charge in [-0.1, -0.05) is 29.5 Å². The third kappa shape index (κ3) is 1.56. The average molecular weight is 243 g/mol. The Labute approximate surface area is 102 Å². The molecule has 0 bridgehead atoms. The summed E-state index contributed by atoms with van der Waals surface area (Å²) in [7, 11) is 0. The van der Waals surface area contributed by atoms with E-state index >= 15 is 0 Å². The van der Waals surface area contributed by atoms with Crippen LogP contribution in [0, 0.1) is 5.82 Å². The first-order valence-corrected chi connectivity index (χ1v) is 5.50. The quantitative estimate of drug-likeness (QED) is 0.749. The maximum Gasteiger partial charge on any atom is 0.149 e. The molecule has 0 unspecified atom stereocenters. The zero-order valence-corrected chi connectivity index (χ0v) is 9.42. The Hall–Kier alpha value is -2.27. The lowest BCUT2D eigenvalue weighted by molar-refractivity contribution is 0.280. The monoisotopic (exact) mass is 243 g/mol. The fourth-order valence-corrected chi connectivity index (χ4v) is 1.96. The molecule has 0 aliphatic carbocycles. The van der Waals surface area contributed by atoms with E-state index in [1.807, 2.05) is 18.2 Å². The SMILES string of the molecule is OCc1cccc(F)c1-n1nnc2ccccc21. The predicted octanol–water partition coefficient (Wildman–Crippen LogP) is 2.05. The second kappa shape index (κ2) is 4.19. The van der Waals surface area contributed by atoms with Crippen LogP contribution in [-0.4, -0.2) is 20.1 Å². The van der Waals surface area contributed by atoms with Crippen LogP contribution in [-0.2, 0) is 6.61 Å². The highest BCUT2D eigenvalue weighted by Gasteiger charge is 2.14. The van der Waals surface area contributed by atoms with Gasteiger partial charge in [0.05, 0.1) is 12.1 Å². The first-order valence-electron chi connectivity index (χ1n) is 5.50. The summed E-state index contributed by atoms with van der Waals surface area (Å²) < 4.78 is 15.3. The molecule has 1 N–H and O–H groups in total. The molecule has 0 amide bonds. The average Bonchev–Trinajstić information content (AvgIpc) is 2.82. The predicted molar refractivity (Wildman–Crippen MR) is 64.7 cm³/mol. The normalized spacial score (nSPS) is 11.0. The van der Waals surface area contributed by atoms with Crippen LogP contribution in [0.25, 0.3) is 16.7 Å². The molecule has 0 saturated heterocycles. The zero-order chi connectivity index (χ0) is 12.5. The van der Waals surface area contributed by atoms with Crippen LogP contribution >= 0.6 is 0 Å². The summed E-state index contributed by atoms with van der Waals surface area (Å²) in [5, 5.41) is 17.2. The number of benzene rings is 2. The number of aliphatic hydroxyl groups excluding tert-OH is 1. The second-order valence-electron chi connectivity index (χ2n) is 3.90. The molecule has 3 rings (SSSR count). The maximum absolute atomic E-state index is 13.9. The van der Waals surface area contributed by atoms with Crippen molar-refractivity contribution in [3.63, 3.8) is 0 Å². The van der Waals surface area contributed by atoms with E-state index in [1.54, 1.807) is 18.2 Å². The van der Waals surface area contributed by atoms with Gasteiger partial charge in [0, 0.05) is 5.56 Å². The summed E-state index contributed by atoms with van der Waals surface area (Å²) in [4.78, 5) is 0. The highest BCUT2D eigenvalue weighted by Crippen LogP contribution is 2.22. The first-order chi connectivity index (χ1) is 8.81. The van der Waals surface area contributed by atoms with Gasteiger partial charge >= 0.3 is 0 Å². The van der Waals surface area contributed by atoms with Crippen molar-refractivity contribution in [3.05, 3.63) is 53.8 Å². The molecule has 0 spiro atoms. The van der Waals surface area contributed by atoms with Gasteiger partial charge in [0.2, 0.25) is 0 Å². The van der Waals surface area contributed by atoms with Crippen molar-refractivity contribution in [1.82, 2.24) is 15.0 Å². The number of para-hydroxylation sites is 2. The highest BCUT2D eigenvalue weighted by molar-refractivity contribution is 5.76. The number of aliphatic hydroxyl groups is 1. The summed E-state index contributed by atoms with van der Waals surface area (Å²) in [6, 6.07) is 11.8. The van der Waals surface area contributed by atoms with E-state index < -0.39 is 5.82 Å². The fourth-order valence-electron chi connectivity index (χ4n) is 1.96. The van der Waals surface area contributed by atoms with E-state index in [1.165, 1.54) is 10.7 Å². The third-order valence-corrected chi connectivity index (χ3v) is 2.80. The maximum atomic E-state index is 13.9. The lowest BCUT2D eigenvalue weighted by Gasteiger charge is -2.08. The van der Waals surface area contributed by atoms with Crippen LogP contribution in [0.15, 0.2) is 42.5 Å². The standard InChI is InChI=1S/C13H10FN3O/c14-10-5-3-4-9(8-18)13(10)17-12-7-2-1-6-11(12)15-16-17/h1-7,18H,8H2. The molecule has 4 nitrogen and oxygen atoms in total. The number of hydrogen-bond donors (Lipinski definition) is 1. The minimum absolute atomic E-state index is 0.244. The van der Waals surface area contributed by atoms with Crippen LogP contribution in [0.2, 0.25) is 0 Å². The van der Waals surface area contributed by atoms with Gasteiger partial charge in [-0.3, -0.25) is 0 Å². The van der Waals surface area contributed by atoms with E-state index in [0.29, 0.717) is 16.6 Å². The van der Waals surface area contributed by atoms with Crippen LogP contribution < -0.4 is 0 Å². The van der Waals surface area contributed by atoms with Gasteiger partial charge < -0.3 is 5.11 Å². The summed E-state index contributed by atoms with van der Waals surface area (Å²) in [5.74, 6) is -0.433. The molecule has 18 heavy (non-hydrogen) atoms. The Morgan fingerprint density at radius 3 is 2.78 bits per heavy atom. The summed E-state index contributed by atoms with van der Waals surface area (Å²) in [6.45, 7) is -0.249. The van der Waals surface area contributed by atoms with Crippen LogP contribution in [0.3, 0.4) is 0 Å². The molecule has 0 fully saturated rings. The molecule has 0 atom stereocenters. The van der Waals surface area contributed by atoms with Crippen molar-refractivity contribution < 1.29 is 9.50 Å². The third-order valence-electron chi connectivity index (χ3n) is 2.80. The molecule has 2 aromatic carbocycles. The van der Waals surface area contributed by atoms with Crippen molar-refractivity contribution in [2.75, 3.05) is 0 Å². The molecular formula is C13H10FN3O. The number of rotatable bonds is 2. The van der Waals surface area contributed by atoms with E-state index in [2.05, 4.69) is 10.3 Å². The smallest absolute Gasteiger partial charge is 0.149 e. The Balaban J connectivity index is 2.33. The van der Waals surface area contributed by atoms with Crippen molar-refractivity contribution >= 4 is 11.0 Å². The molecule has 0 radical (unpaired) electrons. The van der Waals surface area contributed by atoms with Gasteiger partial charge in [0.1, 0.15) is 17.0 Å². The number of nitrogens with zero attached hydrogens (tertiary/aromatic N) is 3. The van der Waals surface area contributed by atoms with Crippen LogP contribution in [0.5, 0.6) is 0 Å². The first kappa shape index (κ1) is 10.9. The zero-order valence-electron chi connectivity index (χ0n) is 9.42. The Kier molecular flexibility index (Phi) is 2.53. The lowest BCUT2D eigenvalue weighted by Crippen LogP contribution is -2.04. The number of fused-ring (bicyclic) bond motifs is 1. The fraction of sp³-hybridized carbons (Fsp3) is 0.0769. The lowest BCUT2D eigenvalue weighted by atomic mass is 10.1. The van der Waals surface area contributed by atoms with Crippen LogP contribution in [0.4, 0.5) is 4.39 Å². The number of halogens is 1. The van der Waals surface area contributed by atoms with Crippen LogP contribution in [0.1, 0.15) is 5.56 Å². The molecule has 0 aliphatic heterocycles. The Bertz CT molecular complexity index is 708. The van der Waals surface area contributed by atoms with Gasteiger partial charge in [0.15, 0.2) is 0 Å². The van der Waals surface area contributed by atoms with E-state index in [-0.39, 0.29) is 12.3 Å². The molecule has 90 valence electrons. The molecule has 0 saturated carbocycles. The summed E-state index contributed by atoms with van der Waals surface area (Å²) >= 11 is 0. The minimum atomic E-state index is -0.433. The van der Waals surface area contributed by atoms with Gasteiger partial charge in [-0.15, -0.1) is 5.10 Å². The largest absolute Gasteiger partial charge is 0.392 e. The molecule has 5 heteroatoms. The van der Waals surface area contributed by atoms with Crippen molar-refractivity contribution in [3.8, 4) is 5.69 Å². The highest BCUT2D eigenvalue weighted by atomic mass is 19.1. The topological polar surface area (TPSA) is 50.9 Å². The van der Waals surface area contributed by atoms with Gasteiger partial charge in [-0.25, -0.2) is 9.07 Å². The molecule has 1 aromatic heterocycles. The number of aromatic nitrogens is 3. The Morgan fingerprint density at radius 1 is 1.11 bits per heavy atom. The van der Waals surface area contributed by atoms with Gasteiger partial charge in [-0.05, 0) is 18.2 Å². The molecule has 1 heterocycles. The van der Waals surface area contributed by atoms with E-state index in [0.717, 1.165) is 0 Å². The molecule has 3 aromatic rings. The van der Waals surface area contributed by atoms with Crippen molar-refractivity contribution in [1.29, 1.82) is 0 Å². The Morgan fingerprint density at radius 2 is 1.94 bits per heavy atom. The summed E-state index contributed by atoms with van der Waals surface area (Å²) in [5.41, 5.74) is 2.11. The summed E-state index contributed by atoms with van der Waals surface area (Å²) in [6.07, 6.45) is 0. The van der Waals surface area contributed by atoms with Crippen molar-refractivity contribution in [2.45, 2.75) is 6.61 Å². The van der Waals surface area contributed by atoms with Crippen molar-refractivity contribution in [2.24, 2.45) is 0 Å². The minimum Gasteiger partial charge on any atom is -0.392 e. The molecular weight excluding hydrogens is 233 g/mol. The number of hydrogen-bond acceptors (Lipinski definition) is 3. The van der Waals surface area contributed by atoms with E-state index in [4.69, 9.17) is 0 Å². The second-order valence-corrected chi connectivity index (χ2v) is 3.90. The van der Waals surface area contributed by atoms with Gasteiger partial charge in [-0.2, -0.15) is 0 Å².